The molecule has 32 heavy (non-hydrogen) atoms. The number of hydrogen-bond donors (Lipinski definition) is 4. The molecular weight excluding hydrogens is 438 g/mol. The quantitative estimate of drug-likeness (QED) is 0.483. The van der Waals surface area contributed by atoms with Crippen molar-refractivity contribution in [3.8, 4) is 5.75 Å². The first kappa shape index (κ1) is 23.5. The summed E-state index contributed by atoms with van der Waals surface area (Å²) in [6, 6.07) is 3.52. The molecule has 0 spiro atoms. The van der Waals surface area contributed by atoms with Crippen LogP contribution in [-0.4, -0.2) is 61.3 Å². The first-order valence-electron chi connectivity index (χ1n) is 9.90. The summed E-state index contributed by atoms with van der Waals surface area (Å²) in [5, 5.41) is 23.3. The van der Waals surface area contributed by atoms with E-state index < -0.39 is 46.9 Å². The summed E-state index contributed by atoms with van der Waals surface area (Å²) >= 11 is 1.35. The molecule has 3 rings (SSSR count). The lowest BCUT2D eigenvalue weighted by atomic mass is 10.0. The second-order valence-electron chi connectivity index (χ2n) is 8.45. The Kier molecular flexibility index (Phi) is 6.40. The molecule has 2 heterocycles. The molecule has 1 fully saturated rings. The van der Waals surface area contributed by atoms with Crippen molar-refractivity contribution < 1.29 is 34.1 Å². The fourth-order valence-electron chi connectivity index (χ4n) is 3.36. The van der Waals surface area contributed by atoms with Gasteiger partial charge in [-0.1, -0.05) is 12.1 Å². The average molecular weight is 464 g/mol. The molecular formula is C21H25N3O7S. The predicted octanol–water partition coefficient (Wildman–Crippen LogP) is 1.71. The SMILES string of the molecule is CC1C=C(C(=O)O)N2C(=O)C(NC(=O)[C@H](NC(=O)OC(C)(C)C)c3ccc(O)cc3)[C@@H]2S1. The molecule has 4 atom stereocenters. The van der Waals surface area contributed by atoms with Crippen LogP contribution < -0.4 is 10.6 Å². The summed E-state index contributed by atoms with van der Waals surface area (Å²) in [5.41, 5.74) is -0.539. The molecule has 2 aliphatic rings. The van der Waals surface area contributed by atoms with Gasteiger partial charge in [0.1, 0.15) is 34.5 Å². The van der Waals surface area contributed by atoms with Crippen molar-refractivity contribution in [3.05, 3.63) is 41.6 Å². The number of carboxylic acids is 1. The second-order valence-corrected chi connectivity index (χ2v) is 9.95. The van der Waals surface area contributed by atoms with Crippen LogP contribution in [-0.2, 0) is 19.1 Å². The molecule has 4 N–H and O–H groups in total. The van der Waals surface area contributed by atoms with Crippen LogP contribution in [0.3, 0.4) is 0 Å². The van der Waals surface area contributed by atoms with Crippen molar-refractivity contribution in [1.82, 2.24) is 15.5 Å². The Hall–Kier alpha value is -3.21. The van der Waals surface area contributed by atoms with Gasteiger partial charge in [0, 0.05) is 5.25 Å². The minimum atomic E-state index is -1.21. The Bertz CT molecular complexity index is 971. The van der Waals surface area contributed by atoms with E-state index in [2.05, 4.69) is 10.6 Å². The topological polar surface area (TPSA) is 145 Å². The number of carboxylic acid groups (broad SMARTS) is 1. The van der Waals surface area contributed by atoms with Crippen LogP contribution in [0.4, 0.5) is 4.79 Å². The number of amides is 3. The zero-order chi connectivity index (χ0) is 23.8. The minimum absolute atomic E-state index is 0.0180. The maximum absolute atomic E-state index is 13.1. The van der Waals surface area contributed by atoms with Crippen molar-refractivity contribution >= 4 is 35.6 Å². The molecule has 2 aliphatic heterocycles. The van der Waals surface area contributed by atoms with Gasteiger partial charge in [0.25, 0.3) is 5.91 Å². The number of carbonyl (C=O) groups excluding carboxylic acids is 3. The molecule has 11 heteroatoms. The molecule has 1 saturated heterocycles. The first-order valence-corrected chi connectivity index (χ1v) is 10.8. The Morgan fingerprint density at radius 1 is 1.19 bits per heavy atom. The zero-order valence-electron chi connectivity index (χ0n) is 18.0. The van der Waals surface area contributed by atoms with Crippen molar-refractivity contribution in [2.75, 3.05) is 0 Å². The predicted molar refractivity (Wildman–Crippen MR) is 116 cm³/mol. The lowest BCUT2D eigenvalue weighted by Gasteiger charge is -2.49. The van der Waals surface area contributed by atoms with Crippen LogP contribution >= 0.6 is 11.8 Å². The molecule has 1 aromatic carbocycles. The minimum Gasteiger partial charge on any atom is -0.508 e. The number of rotatable bonds is 5. The largest absolute Gasteiger partial charge is 0.508 e. The summed E-state index contributed by atoms with van der Waals surface area (Å²) in [6.45, 7) is 6.84. The molecule has 172 valence electrons. The van der Waals surface area contributed by atoms with E-state index in [1.165, 1.54) is 42.1 Å². The Morgan fingerprint density at radius 3 is 2.38 bits per heavy atom. The van der Waals surface area contributed by atoms with Gasteiger partial charge in [-0.15, -0.1) is 11.8 Å². The van der Waals surface area contributed by atoms with E-state index in [4.69, 9.17) is 4.74 Å². The van der Waals surface area contributed by atoms with Crippen LogP contribution in [0.2, 0.25) is 0 Å². The zero-order valence-corrected chi connectivity index (χ0v) is 18.8. The molecule has 3 amide bonds. The van der Waals surface area contributed by atoms with E-state index >= 15 is 0 Å². The first-order chi connectivity index (χ1) is 14.9. The lowest BCUT2D eigenvalue weighted by molar-refractivity contribution is -0.150. The Balaban J connectivity index is 1.79. The van der Waals surface area contributed by atoms with Crippen LogP contribution in [0.25, 0.3) is 0 Å². The molecule has 0 aromatic heterocycles. The molecule has 0 aliphatic carbocycles. The average Bonchev–Trinajstić information content (AvgIpc) is 2.68. The molecule has 0 bridgehead atoms. The molecule has 0 saturated carbocycles. The summed E-state index contributed by atoms with van der Waals surface area (Å²) in [4.78, 5) is 50.7. The van der Waals surface area contributed by atoms with Crippen LogP contribution in [0.15, 0.2) is 36.0 Å². The number of carbonyl (C=O) groups is 4. The van der Waals surface area contributed by atoms with E-state index in [-0.39, 0.29) is 16.7 Å². The number of aromatic hydroxyl groups is 1. The number of phenolic OH excluding ortho intramolecular Hbond substituents is 1. The third-order valence-electron chi connectivity index (χ3n) is 4.72. The van der Waals surface area contributed by atoms with Gasteiger partial charge in [0.2, 0.25) is 5.91 Å². The highest BCUT2D eigenvalue weighted by Gasteiger charge is 2.54. The fourth-order valence-corrected chi connectivity index (χ4v) is 4.69. The van der Waals surface area contributed by atoms with Gasteiger partial charge in [0.15, 0.2) is 0 Å². The number of aliphatic carboxylic acids is 1. The van der Waals surface area contributed by atoms with Gasteiger partial charge in [-0.2, -0.15) is 0 Å². The molecule has 10 nitrogen and oxygen atoms in total. The van der Waals surface area contributed by atoms with Crippen molar-refractivity contribution in [2.24, 2.45) is 0 Å². The number of hydrogen-bond acceptors (Lipinski definition) is 7. The van der Waals surface area contributed by atoms with Gasteiger partial charge < -0.3 is 25.6 Å². The van der Waals surface area contributed by atoms with Gasteiger partial charge in [-0.05, 0) is 51.5 Å². The number of phenols is 1. The third-order valence-corrected chi connectivity index (χ3v) is 6.04. The van der Waals surface area contributed by atoms with Crippen LogP contribution in [0.5, 0.6) is 5.75 Å². The number of nitrogens with one attached hydrogen (secondary N) is 2. The van der Waals surface area contributed by atoms with Gasteiger partial charge in [-0.3, -0.25) is 14.5 Å². The maximum atomic E-state index is 13.1. The number of nitrogens with zero attached hydrogens (tertiary/aromatic N) is 1. The fraction of sp³-hybridized carbons (Fsp3) is 0.429. The Labute approximate surface area is 189 Å². The van der Waals surface area contributed by atoms with Gasteiger partial charge in [0.05, 0.1) is 0 Å². The highest BCUT2D eigenvalue weighted by molar-refractivity contribution is 8.00. The van der Waals surface area contributed by atoms with E-state index in [0.29, 0.717) is 5.56 Å². The second kappa shape index (κ2) is 8.73. The van der Waals surface area contributed by atoms with Gasteiger partial charge >= 0.3 is 12.1 Å². The summed E-state index contributed by atoms with van der Waals surface area (Å²) in [7, 11) is 0. The van der Waals surface area contributed by atoms with E-state index in [9.17, 15) is 29.4 Å². The number of fused-ring (bicyclic) bond motifs is 1. The normalized spacial score (nSPS) is 23.2. The number of benzene rings is 1. The smallest absolute Gasteiger partial charge is 0.408 e. The highest BCUT2D eigenvalue weighted by atomic mass is 32.2. The number of alkyl carbamates (subject to hydrolysis) is 1. The van der Waals surface area contributed by atoms with Crippen LogP contribution in [0, 0.1) is 0 Å². The van der Waals surface area contributed by atoms with E-state index in [1.807, 2.05) is 0 Å². The number of ether oxygens (including phenoxy) is 1. The number of β-lactam (4-membered cyclic amide) rings is 1. The standard InChI is InChI=1S/C21H25N3O7S/c1-10-9-13(19(28)29)24-17(27)15(18(24)32-10)22-16(26)14(11-5-7-12(25)8-6-11)23-20(30)31-21(2,3)4/h5-10,14-15,18,25H,1-4H3,(H,22,26)(H,23,30)(H,28,29)/t10?,14-,15?,18+/m1/s1. The summed E-state index contributed by atoms with van der Waals surface area (Å²) in [5.74, 6) is -2.44. The van der Waals surface area contributed by atoms with Crippen molar-refractivity contribution in [1.29, 1.82) is 0 Å². The summed E-state index contributed by atoms with van der Waals surface area (Å²) in [6.07, 6.45) is 0.659. The Morgan fingerprint density at radius 2 is 1.81 bits per heavy atom. The van der Waals surface area contributed by atoms with E-state index in [0.717, 1.165) is 4.90 Å². The third kappa shape index (κ3) is 4.98. The lowest BCUT2D eigenvalue weighted by Crippen LogP contribution is -2.71. The highest BCUT2D eigenvalue weighted by Crippen LogP contribution is 2.40. The molecule has 0 radical (unpaired) electrons. The van der Waals surface area contributed by atoms with Gasteiger partial charge in [-0.25, -0.2) is 9.59 Å². The van der Waals surface area contributed by atoms with E-state index in [1.54, 1.807) is 27.7 Å². The van der Waals surface area contributed by atoms with Crippen molar-refractivity contribution in [3.63, 3.8) is 0 Å². The molecule has 2 unspecified atom stereocenters. The summed E-state index contributed by atoms with van der Waals surface area (Å²) < 4.78 is 5.24. The van der Waals surface area contributed by atoms with Crippen molar-refractivity contribution in [2.45, 2.75) is 56.0 Å². The monoisotopic (exact) mass is 463 g/mol. The maximum Gasteiger partial charge on any atom is 0.408 e. The van der Waals surface area contributed by atoms with Crippen LogP contribution in [0.1, 0.15) is 39.3 Å². The number of thioether (sulfide) groups is 1. The molecule has 1 aromatic rings.